The fourth-order valence-electron chi connectivity index (χ4n) is 2.16. The van der Waals surface area contributed by atoms with Crippen molar-refractivity contribution in [1.82, 2.24) is 10.2 Å². The van der Waals surface area contributed by atoms with Gasteiger partial charge in [0.15, 0.2) is 6.10 Å². The minimum absolute atomic E-state index is 0.190. The number of nitrogens with one attached hydrogen (secondary N) is 1. The van der Waals surface area contributed by atoms with Crippen LogP contribution in [0, 0.1) is 11.6 Å². The summed E-state index contributed by atoms with van der Waals surface area (Å²) in [5.41, 5.74) is 0.457. The summed E-state index contributed by atoms with van der Waals surface area (Å²) >= 11 is 0. The lowest BCUT2D eigenvalue weighted by Gasteiger charge is -2.14. The number of aromatic nitrogens is 2. The first-order valence-corrected chi connectivity index (χ1v) is 7.77. The number of carbonyl (C=O) groups excluding carboxylic acids is 2. The van der Waals surface area contributed by atoms with Gasteiger partial charge in [0.1, 0.15) is 11.6 Å². The van der Waals surface area contributed by atoms with E-state index in [2.05, 4.69) is 15.5 Å². The average Bonchev–Trinajstić information content (AvgIpc) is 3.19. The monoisotopic (exact) mass is 373 g/mol. The Morgan fingerprint density at radius 2 is 1.89 bits per heavy atom. The zero-order valence-corrected chi connectivity index (χ0v) is 14.0. The molecule has 0 aliphatic rings. The van der Waals surface area contributed by atoms with Crippen LogP contribution in [0.4, 0.5) is 14.5 Å². The van der Waals surface area contributed by atoms with Gasteiger partial charge in [-0.3, -0.25) is 4.79 Å². The highest BCUT2D eigenvalue weighted by Gasteiger charge is 2.20. The van der Waals surface area contributed by atoms with Crippen molar-refractivity contribution in [2.45, 2.75) is 13.0 Å². The first-order chi connectivity index (χ1) is 12.9. The van der Waals surface area contributed by atoms with Crippen molar-refractivity contribution in [2.24, 2.45) is 0 Å². The Morgan fingerprint density at radius 3 is 2.56 bits per heavy atom. The first-order valence-electron chi connectivity index (χ1n) is 7.77. The van der Waals surface area contributed by atoms with Crippen molar-refractivity contribution in [3.63, 3.8) is 0 Å². The summed E-state index contributed by atoms with van der Waals surface area (Å²) < 4.78 is 36.8. The highest BCUT2D eigenvalue weighted by atomic mass is 19.1. The molecule has 138 valence electrons. The summed E-state index contributed by atoms with van der Waals surface area (Å²) in [6.45, 7) is 1.32. The fourth-order valence-corrected chi connectivity index (χ4v) is 2.16. The molecule has 1 N–H and O–H groups in total. The molecule has 1 atom stereocenters. The van der Waals surface area contributed by atoms with E-state index in [9.17, 15) is 18.4 Å². The second-order valence-corrected chi connectivity index (χ2v) is 5.48. The average molecular weight is 373 g/mol. The van der Waals surface area contributed by atoms with Gasteiger partial charge in [-0.15, -0.1) is 10.2 Å². The third-order valence-electron chi connectivity index (χ3n) is 3.57. The SMILES string of the molecule is C[C@H](OC(=O)c1ccc(-c2nnco2)cc1)C(=O)Nc1cc(F)ccc1F. The Hall–Kier alpha value is -3.62. The number of esters is 1. The number of hydrogen-bond donors (Lipinski definition) is 1. The smallest absolute Gasteiger partial charge is 0.338 e. The molecule has 7 nitrogen and oxygen atoms in total. The zero-order chi connectivity index (χ0) is 19.4. The molecule has 0 unspecified atom stereocenters. The Morgan fingerprint density at radius 1 is 1.15 bits per heavy atom. The topological polar surface area (TPSA) is 94.3 Å². The molecule has 0 aliphatic carbocycles. The zero-order valence-electron chi connectivity index (χ0n) is 14.0. The molecule has 3 rings (SSSR count). The highest BCUT2D eigenvalue weighted by molar-refractivity contribution is 5.97. The Bertz CT molecular complexity index is 959. The van der Waals surface area contributed by atoms with Gasteiger partial charge in [-0.2, -0.15) is 0 Å². The molecule has 1 heterocycles. The van der Waals surface area contributed by atoms with Gasteiger partial charge >= 0.3 is 5.97 Å². The number of nitrogens with zero attached hydrogens (tertiary/aromatic N) is 2. The Kier molecular flexibility index (Phi) is 5.20. The summed E-state index contributed by atoms with van der Waals surface area (Å²) in [7, 11) is 0. The predicted molar refractivity (Wildman–Crippen MR) is 89.6 cm³/mol. The number of halogens is 2. The second-order valence-electron chi connectivity index (χ2n) is 5.48. The number of benzene rings is 2. The molecular formula is C18H13F2N3O4. The lowest BCUT2D eigenvalue weighted by Crippen LogP contribution is -2.30. The maximum atomic E-state index is 13.6. The maximum Gasteiger partial charge on any atom is 0.338 e. The van der Waals surface area contributed by atoms with Crippen LogP contribution in [0.25, 0.3) is 11.5 Å². The molecule has 1 aromatic heterocycles. The van der Waals surface area contributed by atoms with Crippen LogP contribution in [0.2, 0.25) is 0 Å². The molecule has 3 aromatic rings. The molecule has 0 saturated carbocycles. The first kappa shape index (κ1) is 18.2. The lowest BCUT2D eigenvalue weighted by molar-refractivity contribution is -0.123. The van der Waals surface area contributed by atoms with E-state index in [0.717, 1.165) is 18.2 Å². The number of ether oxygens (including phenoxy) is 1. The van der Waals surface area contributed by atoms with Crippen LogP contribution in [0.3, 0.4) is 0 Å². The fraction of sp³-hybridized carbons (Fsp3) is 0.111. The van der Waals surface area contributed by atoms with Crippen molar-refractivity contribution in [2.75, 3.05) is 5.32 Å². The number of rotatable bonds is 5. The van der Waals surface area contributed by atoms with Crippen LogP contribution in [0.1, 0.15) is 17.3 Å². The third-order valence-corrected chi connectivity index (χ3v) is 3.57. The molecular weight excluding hydrogens is 360 g/mol. The second kappa shape index (κ2) is 7.73. The van der Waals surface area contributed by atoms with Gasteiger partial charge in [0.25, 0.3) is 5.91 Å². The maximum absolute atomic E-state index is 13.6. The van der Waals surface area contributed by atoms with Gasteiger partial charge < -0.3 is 14.5 Å². The van der Waals surface area contributed by atoms with Crippen molar-refractivity contribution in [3.05, 3.63) is 66.1 Å². The summed E-state index contributed by atoms with van der Waals surface area (Å²) in [5.74, 6) is -2.78. The molecule has 0 radical (unpaired) electrons. The Balaban J connectivity index is 1.63. The lowest BCUT2D eigenvalue weighted by atomic mass is 10.1. The van der Waals surface area contributed by atoms with Gasteiger partial charge in [-0.1, -0.05) is 0 Å². The molecule has 0 spiro atoms. The molecule has 9 heteroatoms. The molecule has 27 heavy (non-hydrogen) atoms. The number of amides is 1. The van der Waals surface area contributed by atoms with E-state index >= 15 is 0 Å². The third kappa shape index (κ3) is 4.32. The van der Waals surface area contributed by atoms with Crippen LogP contribution in [-0.2, 0) is 9.53 Å². The number of carbonyl (C=O) groups is 2. The molecule has 1 amide bonds. The minimum Gasteiger partial charge on any atom is -0.449 e. The van der Waals surface area contributed by atoms with Gasteiger partial charge in [0, 0.05) is 11.6 Å². The van der Waals surface area contributed by atoms with Crippen molar-refractivity contribution in [3.8, 4) is 11.5 Å². The van der Waals surface area contributed by atoms with Crippen molar-refractivity contribution in [1.29, 1.82) is 0 Å². The Labute approximate surface area is 152 Å². The summed E-state index contributed by atoms with van der Waals surface area (Å²) in [6.07, 6.45) is -0.0463. The van der Waals surface area contributed by atoms with E-state index in [-0.39, 0.29) is 11.3 Å². The largest absolute Gasteiger partial charge is 0.449 e. The van der Waals surface area contributed by atoms with E-state index in [1.165, 1.54) is 25.5 Å². The van der Waals surface area contributed by atoms with E-state index < -0.39 is 29.6 Å². The molecule has 0 saturated heterocycles. The minimum atomic E-state index is -1.23. The predicted octanol–water partition coefficient (Wildman–Crippen LogP) is 3.20. The van der Waals surface area contributed by atoms with Crippen molar-refractivity contribution >= 4 is 17.6 Å². The van der Waals surface area contributed by atoms with Crippen LogP contribution in [0.5, 0.6) is 0 Å². The standard InChI is InChI=1S/C18H13F2N3O4/c1-10(16(24)22-15-8-13(19)6-7-14(15)20)27-18(25)12-4-2-11(3-5-12)17-23-21-9-26-17/h2-10H,1H3,(H,22,24)/t10-/m0/s1. The van der Waals surface area contributed by atoms with E-state index in [1.807, 2.05) is 0 Å². The molecule has 2 aromatic carbocycles. The van der Waals surface area contributed by atoms with E-state index in [4.69, 9.17) is 9.15 Å². The molecule has 0 bridgehead atoms. The van der Waals surface area contributed by atoms with Gasteiger partial charge in [0.2, 0.25) is 12.3 Å². The van der Waals surface area contributed by atoms with Crippen LogP contribution < -0.4 is 5.32 Å². The molecule has 0 aliphatic heterocycles. The van der Waals surface area contributed by atoms with Gasteiger partial charge in [-0.25, -0.2) is 13.6 Å². The van der Waals surface area contributed by atoms with Gasteiger partial charge in [-0.05, 0) is 43.3 Å². The molecule has 0 fully saturated rings. The summed E-state index contributed by atoms with van der Waals surface area (Å²) in [6, 6.07) is 8.74. The van der Waals surface area contributed by atoms with Gasteiger partial charge in [0.05, 0.1) is 11.3 Å². The van der Waals surface area contributed by atoms with E-state index in [1.54, 1.807) is 12.1 Å². The summed E-state index contributed by atoms with van der Waals surface area (Å²) in [5, 5.41) is 9.48. The summed E-state index contributed by atoms with van der Waals surface area (Å²) in [4.78, 5) is 24.2. The van der Waals surface area contributed by atoms with Crippen LogP contribution in [0.15, 0.2) is 53.3 Å². The highest BCUT2D eigenvalue weighted by Crippen LogP contribution is 2.18. The number of anilines is 1. The normalized spacial score (nSPS) is 11.7. The van der Waals surface area contributed by atoms with Crippen LogP contribution >= 0.6 is 0 Å². The number of hydrogen-bond acceptors (Lipinski definition) is 6. The van der Waals surface area contributed by atoms with Crippen molar-refractivity contribution < 1.29 is 27.5 Å². The van der Waals surface area contributed by atoms with Crippen LogP contribution in [-0.4, -0.2) is 28.2 Å². The van der Waals surface area contributed by atoms with E-state index in [0.29, 0.717) is 11.5 Å². The quantitative estimate of drug-likeness (QED) is 0.690.